The number of hydrogen-bond acceptors (Lipinski definition) is 4. The maximum Gasteiger partial charge on any atom is 0.196 e. The molecule has 0 spiro atoms. The van der Waals surface area contributed by atoms with Crippen molar-refractivity contribution in [2.75, 3.05) is 0 Å². The van der Waals surface area contributed by atoms with E-state index in [-0.39, 0.29) is 0 Å². The first kappa shape index (κ1) is 10.8. The van der Waals surface area contributed by atoms with E-state index in [0.717, 1.165) is 17.1 Å². The van der Waals surface area contributed by atoms with Crippen LogP contribution in [0.25, 0.3) is 11.6 Å². The smallest absolute Gasteiger partial charge is 0.196 e. The molecule has 0 fully saturated rings. The highest BCUT2D eigenvalue weighted by Gasteiger charge is 2.11. The third-order valence-electron chi connectivity index (χ3n) is 2.49. The second kappa shape index (κ2) is 4.02. The van der Waals surface area contributed by atoms with Crippen molar-refractivity contribution in [2.45, 2.75) is 20.0 Å². The number of aliphatic hydroxyl groups is 1. The first-order chi connectivity index (χ1) is 7.59. The average Bonchev–Trinajstić information content (AvgIpc) is 2.63. The Hall–Kier alpha value is -1.75. The minimum atomic E-state index is -0.546. The van der Waals surface area contributed by atoms with Crippen molar-refractivity contribution in [2.24, 2.45) is 7.05 Å². The number of aliphatic hydroxyl groups excluding tert-OH is 1. The Morgan fingerprint density at radius 3 is 2.62 bits per heavy atom. The number of hydrogen-bond donors (Lipinski definition) is 1. The van der Waals surface area contributed by atoms with Crippen LogP contribution in [-0.4, -0.2) is 24.6 Å². The van der Waals surface area contributed by atoms with Gasteiger partial charge in [0.05, 0.1) is 6.10 Å². The summed E-state index contributed by atoms with van der Waals surface area (Å²) in [5.41, 5.74) is 1.53. The van der Waals surface area contributed by atoms with E-state index in [1.807, 2.05) is 24.7 Å². The fourth-order valence-electron chi connectivity index (χ4n) is 1.58. The van der Waals surface area contributed by atoms with Gasteiger partial charge in [0.1, 0.15) is 0 Å². The summed E-state index contributed by atoms with van der Waals surface area (Å²) in [6, 6.07) is 0. The van der Waals surface area contributed by atoms with Gasteiger partial charge in [-0.25, -0.2) is 15.0 Å². The molecule has 1 N–H and O–H groups in total. The molecule has 0 saturated carbocycles. The molecule has 2 rings (SSSR count). The molecule has 0 amide bonds. The molecule has 2 aromatic rings. The lowest BCUT2D eigenvalue weighted by Gasteiger charge is -2.08. The molecule has 0 aliphatic carbocycles. The third-order valence-corrected chi connectivity index (χ3v) is 2.49. The van der Waals surface area contributed by atoms with Crippen LogP contribution in [0.4, 0.5) is 0 Å². The van der Waals surface area contributed by atoms with Crippen molar-refractivity contribution in [1.82, 2.24) is 19.5 Å². The van der Waals surface area contributed by atoms with Gasteiger partial charge in [0.15, 0.2) is 11.6 Å². The second-order valence-electron chi connectivity index (χ2n) is 3.77. The molecule has 5 heteroatoms. The fraction of sp³-hybridized carbons (Fsp3) is 0.364. The molecular formula is C11H14N4O. The van der Waals surface area contributed by atoms with Gasteiger partial charge < -0.3 is 9.67 Å². The van der Waals surface area contributed by atoms with Gasteiger partial charge in [0, 0.05) is 36.9 Å². The summed E-state index contributed by atoms with van der Waals surface area (Å²) in [7, 11) is 1.89. The standard InChI is InChI=1S/C11H14N4O/c1-7-9(8(2)16)6-13-10(14-7)11-12-4-5-15(11)3/h4-6,8,16H,1-3H3. The van der Waals surface area contributed by atoms with Gasteiger partial charge in [-0.15, -0.1) is 0 Å². The van der Waals surface area contributed by atoms with E-state index in [1.165, 1.54) is 0 Å². The van der Waals surface area contributed by atoms with Crippen molar-refractivity contribution in [3.05, 3.63) is 29.8 Å². The topological polar surface area (TPSA) is 63.8 Å². The summed E-state index contributed by atoms with van der Waals surface area (Å²) in [4.78, 5) is 12.7. The molecule has 0 aliphatic heterocycles. The highest BCUT2D eigenvalue weighted by atomic mass is 16.3. The van der Waals surface area contributed by atoms with Crippen LogP contribution in [0.15, 0.2) is 18.6 Å². The lowest BCUT2D eigenvalue weighted by Crippen LogP contribution is -2.03. The summed E-state index contributed by atoms with van der Waals surface area (Å²) < 4.78 is 1.86. The zero-order valence-electron chi connectivity index (χ0n) is 9.55. The Morgan fingerprint density at radius 2 is 2.12 bits per heavy atom. The van der Waals surface area contributed by atoms with Crippen LogP contribution in [0.1, 0.15) is 24.3 Å². The third kappa shape index (κ3) is 1.81. The molecular weight excluding hydrogens is 204 g/mol. The van der Waals surface area contributed by atoms with E-state index in [2.05, 4.69) is 15.0 Å². The Balaban J connectivity index is 2.46. The molecule has 0 radical (unpaired) electrons. The first-order valence-corrected chi connectivity index (χ1v) is 5.09. The average molecular weight is 218 g/mol. The first-order valence-electron chi connectivity index (χ1n) is 5.09. The molecule has 16 heavy (non-hydrogen) atoms. The van der Waals surface area contributed by atoms with Crippen molar-refractivity contribution < 1.29 is 5.11 Å². The minimum absolute atomic E-state index is 0.546. The summed E-state index contributed by atoms with van der Waals surface area (Å²) in [5, 5.41) is 9.48. The Labute approximate surface area is 93.8 Å². The molecule has 0 saturated heterocycles. The summed E-state index contributed by atoms with van der Waals surface area (Å²) in [6.07, 6.45) is 4.65. The summed E-state index contributed by atoms with van der Waals surface area (Å²) >= 11 is 0. The number of aryl methyl sites for hydroxylation is 2. The number of rotatable bonds is 2. The largest absolute Gasteiger partial charge is 0.389 e. The summed E-state index contributed by atoms with van der Waals surface area (Å²) in [6.45, 7) is 3.56. The van der Waals surface area contributed by atoms with Gasteiger partial charge in [-0.05, 0) is 13.8 Å². The van der Waals surface area contributed by atoms with Gasteiger partial charge >= 0.3 is 0 Å². The van der Waals surface area contributed by atoms with Crippen molar-refractivity contribution >= 4 is 0 Å². The Morgan fingerprint density at radius 1 is 1.38 bits per heavy atom. The predicted molar refractivity (Wildman–Crippen MR) is 59.6 cm³/mol. The van der Waals surface area contributed by atoms with Crippen LogP contribution in [0.5, 0.6) is 0 Å². The molecule has 5 nitrogen and oxygen atoms in total. The van der Waals surface area contributed by atoms with Gasteiger partial charge in [0.2, 0.25) is 0 Å². The second-order valence-corrected chi connectivity index (χ2v) is 3.77. The van der Waals surface area contributed by atoms with Gasteiger partial charge in [-0.3, -0.25) is 0 Å². The molecule has 0 aliphatic rings. The van der Waals surface area contributed by atoms with Crippen LogP contribution in [0, 0.1) is 6.92 Å². The van der Waals surface area contributed by atoms with E-state index in [0.29, 0.717) is 5.82 Å². The van der Waals surface area contributed by atoms with Crippen molar-refractivity contribution in [3.63, 3.8) is 0 Å². The van der Waals surface area contributed by atoms with E-state index in [1.54, 1.807) is 19.3 Å². The Bertz CT molecular complexity index is 504. The van der Waals surface area contributed by atoms with Gasteiger partial charge in [0.25, 0.3) is 0 Å². The monoisotopic (exact) mass is 218 g/mol. The van der Waals surface area contributed by atoms with Gasteiger partial charge in [-0.1, -0.05) is 0 Å². The molecule has 2 heterocycles. The van der Waals surface area contributed by atoms with E-state index < -0.39 is 6.10 Å². The highest BCUT2D eigenvalue weighted by molar-refractivity contribution is 5.44. The lowest BCUT2D eigenvalue weighted by molar-refractivity contribution is 0.197. The van der Waals surface area contributed by atoms with Crippen LogP contribution in [-0.2, 0) is 7.05 Å². The van der Waals surface area contributed by atoms with Crippen LogP contribution in [0.2, 0.25) is 0 Å². The van der Waals surface area contributed by atoms with Crippen LogP contribution >= 0.6 is 0 Å². The number of imidazole rings is 1. The predicted octanol–water partition coefficient (Wildman–Crippen LogP) is 1.24. The van der Waals surface area contributed by atoms with Crippen molar-refractivity contribution in [1.29, 1.82) is 0 Å². The normalized spacial score (nSPS) is 12.8. The lowest BCUT2D eigenvalue weighted by atomic mass is 10.1. The molecule has 1 unspecified atom stereocenters. The maximum atomic E-state index is 9.48. The minimum Gasteiger partial charge on any atom is -0.389 e. The highest BCUT2D eigenvalue weighted by Crippen LogP contribution is 2.17. The van der Waals surface area contributed by atoms with Gasteiger partial charge in [-0.2, -0.15) is 0 Å². The zero-order chi connectivity index (χ0) is 11.7. The van der Waals surface area contributed by atoms with Crippen LogP contribution < -0.4 is 0 Å². The molecule has 0 bridgehead atoms. The Kier molecular flexibility index (Phi) is 2.70. The van der Waals surface area contributed by atoms with E-state index >= 15 is 0 Å². The molecule has 84 valence electrons. The summed E-state index contributed by atoms with van der Waals surface area (Å²) in [5.74, 6) is 1.30. The maximum absolute atomic E-state index is 9.48. The van der Waals surface area contributed by atoms with E-state index in [9.17, 15) is 5.11 Å². The molecule has 1 atom stereocenters. The van der Waals surface area contributed by atoms with E-state index in [4.69, 9.17) is 0 Å². The zero-order valence-corrected chi connectivity index (χ0v) is 9.55. The quantitative estimate of drug-likeness (QED) is 0.823. The SMILES string of the molecule is Cc1nc(-c2nccn2C)ncc1C(C)O. The van der Waals surface area contributed by atoms with Crippen molar-refractivity contribution in [3.8, 4) is 11.6 Å². The van der Waals surface area contributed by atoms with Crippen LogP contribution in [0.3, 0.4) is 0 Å². The molecule has 2 aromatic heterocycles. The molecule has 0 aromatic carbocycles. The fourth-order valence-corrected chi connectivity index (χ4v) is 1.58. The number of nitrogens with zero attached hydrogens (tertiary/aromatic N) is 4. The number of aromatic nitrogens is 4.